The van der Waals surface area contributed by atoms with E-state index in [1.165, 1.54) is 12.1 Å². The van der Waals surface area contributed by atoms with Crippen LogP contribution in [0.15, 0.2) is 33.6 Å². The molecule has 0 aliphatic carbocycles. The van der Waals surface area contributed by atoms with Crippen LogP contribution in [0.5, 0.6) is 0 Å². The first-order chi connectivity index (χ1) is 10.3. The van der Waals surface area contributed by atoms with E-state index in [0.29, 0.717) is 0 Å². The number of aliphatic carboxylic acids is 1. The second kappa shape index (κ2) is 8.23. The third kappa shape index (κ3) is 5.72. The van der Waals surface area contributed by atoms with Crippen LogP contribution in [0.1, 0.15) is 12.8 Å². The maximum Gasteiger partial charge on any atom is 0.328 e. The number of alkyl halides is 1. The van der Waals surface area contributed by atoms with Crippen molar-refractivity contribution >= 4 is 37.6 Å². The lowest BCUT2D eigenvalue weighted by Gasteiger charge is -2.10. The van der Waals surface area contributed by atoms with Crippen molar-refractivity contribution in [3.05, 3.63) is 28.7 Å². The Morgan fingerprint density at radius 2 is 1.86 bits per heavy atom. The zero-order valence-electron chi connectivity index (χ0n) is 11.5. The van der Waals surface area contributed by atoms with E-state index in [4.69, 9.17) is 5.11 Å². The van der Waals surface area contributed by atoms with E-state index in [-0.39, 0.29) is 23.5 Å². The highest BCUT2D eigenvalue weighted by Crippen LogP contribution is 2.16. The Balaban J connectivity index is 2.51. The molecule has 1 amide bonds. The summed E-state index contributed by atoms with van der Waals surface area (Å²) in [4.78, 5) is 22.1. The van der Waals surface area contributed by atoms with Gasteiger partial charge in [0.2, 0.25) is 5.91 Å². The van der Waals surface area contributed by atoms with Gasteiger partial charge >= 0.3 is 5.97 Å². The van der Waals surface area contributed by atoms with Crippen LogP contribution in [0.25, 0.3) is 0 Å². The number of sulfone groups is 1. The Morgan fingerprint density at radius 3 is 2.36 bits per heavy atom. The number of hydrogen-bond acceptors (Lipinski definition) is 4. The Morgan fingerprint density at radius 1 is 1.27 bits per heavy atom. The quantitative estimate of drug-likeness (QED) is 0.695. The molecule has 0 aromatic heterocycles. The van der Waals surface area contributed by atoms with Crippen molar-refractivity contribution in [1.82, 2.24) is 5.32 Å². The van der Waals surface area contributed by atoms with E-state index in [9.17, 15) is 22.4 Å². The van der Waals surface area contributed by atoms with Gasteiger partial charge in [0.05, 0.1) is 10.6 Å². The maximum absolute atomic E-state index is 12.3. The summed E-state index contributed by atoms with van der Waals surface area (Å²) in [5, 5.41) is 10.6. The van der Waals surface area contributed by atoms with Crippen molar-refractivity contribution in [2.75, 3.05) is 12.4 Å². The fourth-order valence-electron chi connectivity index (χ4n) is 1.62. The molecule has 0 aliphatic rings. The molecule has 9 heteroatoms. The number of halogens is 2. The monoisotopic (exact) mass is 395 g/mol. The molecule has 0 heterocycles. The first-order valence-electron chi connectivity index (χ1n) is 6.32. The van der Waals surface area contributed by atoms with Gasteiger partial charge < -0.3 is 10.4 Å². The molecule has 1 rings (SSSR count). The number of hydrogen-bond donors (Lipinski definition) is 2. The molecule has 0 saturated heterocycles. The van der Waals surface area contributed by atoms with Gasteiger partial charge in [0.1, 0.15) is 6.67 Å². The van der Waals surface area contributed by atoms with E-state index < -0.39 is 34.4 Å². The molecule has 0 radical (unpaired) electrons. The predicted molar refractivity (Wildman–Crippen MR) is 81.0 cm³/mol. The van der Waals surface area contributed by atoms with E-state index in [0.717, 1.165) is 4.47 Å². The SMILES string of the molecule is O=C(CCCS(=O)(=O)c1ccc(Br)cc1)NC(CF)C(=O)O. The summed E-state index contributed by atoms with van der Waals surface area (Å²) >= 11 is 3.20. The second-order valence-corrected chi connectivity index (χ2v) is 7.51. The van der Waals surface area contributed by atoms with Crippen LogP contribution in [0, 0.1) is 0 Å². The summed E-state index contributed by atoms with van der Waals surface area (Å²) in [7, 11) is -3.51. The summed E-state index contributed by atoms with van der Waals surface area (Å²) in [6.07, 6.45) is -0.178. The summed E-state index contributed by atoms with van der Waals surface area (Å²) in [5.41, 5.74) is 0. The van der Waals surface area contributed by atoms with Gasteiger partial charge in [-0.05, 0) is 30.7 Å². The molecule has 1 aromatic carbocycles. The van der Waals surface area contributed by atoms with Gasteiger partial charge in [-0.25, -0.2) is 17.6 Å². The number of carboxylic acids is 1. The number of carboxylic acid groups (broad SMARTS) is 1. The zero-order chi connectivity index (χ0) is 16.8. The van der Waals surface area contributed by atoms with Crippen molar-refractivity contribution in [2.45, 2.75) is 23.8 Å². The lowest BCUT2D eigenvalue weighted by atomic mass is 10.2. The highest BCUT2D eigenvalue weighted by atomic mass is 79.9. The highest BCUT2D eigenvalue weighted by molar-refractivity contribution is 9.10. The van der Waals surface area contributed by atoms with Crippen LogP contribution >= 0.6 is 15.9 Å². The minimum Gasteiger partial charge on any atom is -0.480 e. The highest BCUT2D eigenvalue weighted by Gasteiger charge is 2.20. The summed E-state index contributed by atoms with van der Waals surface area (Å²) < 4.78 is 37.1. The molecule has 0 bridgehead atoms. The molecule has 6 nitrogen and oxygen atoms in total. The van der Waals surface area contributed by atoms with Gasteiger partial charge in [0, 0.05) is 10.9 Å². The van der Waals surface area contributed by atoms with Crippen LogP contribution < -0.4 is 5.32 Å². The van der Waals surface area contributed by atoms with Crippen molar-refractivity contribution < 1.29 is 27.5 Å². The number of carbonyl (C=O) groups is 2. The van der Waals surface area contributed by atoms with E-state index in [2.05, 4.69) is 15.9 Å². The molecule has 1 aromatic rings. The molecule has 0 spiro atoms. The second-order valence-electron chi connectivity index (χ2n) is 4.49. The first-order valence-corrected chi connectivity index (χ1v) is 8.77. The van der Waals surface area contributed by atoms with E-state index in [1.807, 2.05) is 5.32 Å². The molecule has 1 unspecified atom stereocenters. The molecule has 122 valence electrons. The largest absolute Gasteiger partial charge is 0.480 e. The normalized spacial score (nSPS) is 12.6. The fraction of sp³-hybridized carbons (Fsp3) is 0.385. The topological polar surface area (TPSA) is 101 Å². The van der Waals surface area contributed by atoms with Gasteiger partial charge in [0.25, 0.3) is 0 Å². The molecule has 0 fully saturated rings. The van der Waals surface area contributed by atoms with Crippen LogP contribution in [-0.2, 0) is 19.4 Å². The van der Waals surface area contributed by atoms with Crippen molar-refractivity contribution in [2.24, 2.45) is 0 Å². The number of carbonyl (C=O) groups excluding carboxylic acids is 1. The average molecular weight is 396 g/mol. The van der Waals surface area contributed by atoms with Crippen molar-refractivity contribution in [3.63, 3.8) is 0 Å². The number of rotatable bonds is 8. The number of nitrogens with one attached hydrogen (secondary N) is 1. The Hall–Kier alpha value is -1.48. The Kier molecular flexibility index (Phi) is 6.95. The molecular formula is C13H15BrFNO5S. The van der Waals surface area contributed by atoms with Gasteiger partial charge in [-0.3, -0.25) is 4.79 Å². The van der Waals surface area contributed by atoms with Gasteiger partial charge in [-0.2, -0.15) is 0 Å². The smallest absolute Gasteiger partial charge is 0.328 e. The Bertz CT molecular complexity index is 632. The standard InChI is InChI=1S/C13H15BrFNO5S/c14-9-3-5-10(6-4-9)22(20,21)7-1-2-12(17)16-11(8-15)13(18)19/h3-6,11H,1-2,7-8H2,(H,16,17)(H,18,19). The molecule has 22 heavy (non-hydrogen) atoms. The molecular weight excluding hydrogens is 381 g/mol. The molecule has 0 aliphatic heterocycles. The van der Waals surface area contributed by atoms with Crippen molar-refractivity contribution in [1.29, 1.82) is 0 Å². The fourth-order valence-corrected chi connectivity index (χ4v) is 3.19. The van der Waals surface area contributed by atoms with Gasteiger partial charge in [-0.15, -0.1) is 0 Å². The predicted octanol–water partition coefficient (Wildman–Crippen LogP) is 1.54. The number of amides is 1. The summed E-state index contributed by atoms with van der Waals surface area (Å²) in [6.45, 7) is -1.22. The molecule has 0 saturated carbocycles. The third-order valence-corrected chi connectivity index (χ3v) is 5.12. The minimum absolute atomic E-state index is 0.0167. The lowest BCUT2D eigenvalue weighted by Crippen LogP contribution is -2.42. The molecule has 1 atom stereocenters. The van der Waals surface area contributed by atoms with Crippen LogP contribution in [0.3, 0.4) is 0 Å². The maximum atomic E-state index is 12.3. The van der Waals surface area contributed by atoms with E-state index in [1.54, 1.807) is 12.1 Å². The van der Waals surface area contributed by atoms with Crippen LogP contribution in [-0.4, -0.2) is 43.9 Å². The first kappa shape index (κ1) is 18.6. The summed E-state index contributed by atoms with van der Waals surface area (Å²) in [6, 6.07) is 4.48. The van der Waals surface area contributed by atoms with Crippen molar-refractivity contribution in [3.8, 4) is 0 Å². The average Bonchev–Trinajstić information content (AvgIpc) is 2.44. The molecule has 2 N–H and O–H groups in total. The minimum atomic E-state index is -3.51. The van der Waals surface area contributed by atoms with Gasteiger partial charge in [0.15, 0.2) is 15.9 Å². The summed E-state index contributed by atoms with van der Waals surface area (Å²) in [5.74, 6) is -2.43. The van der Waals surface area contributed by atoms with E-state index >= 15 is 0 Å². The number of benzene rings is 1. The third-order valence-electron chi connectivity index (χ3n) is 2.78. The lowest BCUT2D eigenvalue weighted by molar-refractivity contribution is -0.142. The van der Waals surface area contributed by atoms with Crippen LogP contribution in [0.2, 0.25) is 0 Å². The van der Waals surface area contributed by atoms with Crippen LogP contribution in [0.4, 0.5) is 4.39 Å². The Labute approximate surface area is 135 Å². The van der Waals surface area contributed by atoms with Gasteiger partial charge in [-0.1, -0.05) is 15.9 Å². The zero-order valence-corrected chi connectivity index (χ0v) is 13.9.